The molecule has 0 saturated heterocycles. The highest BCUT2D eigenvalue weighted by Crippen LogP contribution is 2.46. The second kappa shape index (κ2) is 3.75. The van der Waals surface area contributed by atoms with Crippen LogP contribution in [0.3, 0.4) is 0 Å². The standard InChI is InChI=1S/C10H21NO/c1-9(2)12-8-10(5-6-10)7-11(3)4/h9H,5-8H2,1-4H3. The molecule has 0 spiro atoms. The summed E-state index contributed by atoms with van der Waals surface area (Å²) in [6.45, 7) is 6.33. The highest BCUT2D eigenvalue weighted by Gasteiger charge is 2.43. The van der Waals surface area contributed by atoms with Gasteiger partial charge in [0, 0.05) is 12.0 Å². The van der Waals surface area contributed by atoms with Gasteiger partial charge in [-0.25, -0.2) is 0 Å². The van der Waals surface area contributed by atoms with Crippen molar-refractivity contribution in [3.63, 3.8) is 0 Å². The van der Waals surface area contributed by atoms with E-state index in [4.69, 9.17) is 4.74 Å². The van der Waals surface area contributed by atoms with Crippen LogP contribution in [-0.4, -0.2) is 38.3 Å². The molecule has 0 unspecified atom stereocenters. The van der Waals surface area contributed by atoms with Gasteiger partial charge in [0.25, 0.3) is 0 Å². The van der Waals surface area contributed by atoms with Crippen LogP contribution in [0.1, 0.15) is 26.7 Å². The van der Waals surface area contributed by atoms with E-state index in [0.717, 1.165) is 6.61 Å². The van der Waals surface area contributed by atoms with Crippen LogP contribution in [0.4, 0.5) is 0 Å². The molecule has 0 amide bonds. The Morgan fingerprint density at radius 1 is 1.33 bits per heavy atom. The Kier molecular flexibility index (Phi) is 3.13. The molecule has 1 aliphatic rings. The van der Waals surface area contributed by atoms with E-state index in [0.29, 0.717) is 11.5 Å². The van der Waals surface area contributed by atoms with Gasteiger partial charge in [-0.3, -0.25) is 0 Å². The monoisotopic (exact) mass is 171 g/mol. The largest absolute Gasteiger partial charge is 0.378 e. The summed E-state index contributed by atoms with van der Waals surface area (Å²) < 4.78 is 5.64. The fraction of sp³-hybridized carbons (Fsp3) is 1.00. The van der Waals surface area contributed by atoms with Crippen molar-refractivity contribution < 1.29 is 4.74 Å². The minimum absolute atomic E-state index is 0.379. The van der Waals surface area contributed by atoms with Gasteiger partial charge in [0.2, 0.25) is 0 Å². The number of nitrogens with zero attached hydrogens (tertiary/aromatic N) is 1. The average molecular weight is 171 g/mol. The van der Waals surface area contributed by atoms with Crippen molar-refractivity contribution in [1.82, 2.24) is 4.90 Å². The highest BCUT2D eigenvalue weighted by atomic mass is 16.5. The van der Waals surface area contributed by atoms with Gasteiger partial charge in [-0.2, -0.15) is 0 Å². The van der Waals surface area contributed by atoms with Crippen molar-refractivity contribution in [2.24, 2.45) is 5.41 Å². The molecular formula is C10H21NO. The Balaban J connectivity index is 2.20. The van der Waals surface area contributed by atoms with E-state index in [2.05, 4.69) is 32.8 Å². The molecule has 0 aromatic heterocycles. The lowest BCUT2D eigenvalue weighted by molar-refractivity contribution is 0.0359. The molecule has 1 saturated carbocycles. The predicted molar refractivity (Wildman–Crippen MR) is 51.3 cm³/mol. The zero-order chi connectivity index (χ0) is 9.19. The maximum Gasteiger partial charge on any atom is 0.0538 e. The Bertz CT molecular complexity index is 139. The normalized spacial score (nSPS) is 20.5. The van der Waals surface area contributed by atoms with Crippen LogP contribution in [0.2, 0.25) is 0 Å². The van der Waals surface area contributed by atoms with Crippen molar-refractivity contribution in [3.05, 3.63) is 0 Å². The quantitative estimate of drug-likeness (QED) is 0.625. The zero-order valence-corrected chi connectivity index (χ0v) is 8.76. The van der Waals surface area contributed by atoms with E-state index < -0.39 is 0 Å². The average Bonchev–Trinajstić information content (AvgIpc) is 2.64. The summed E-state index contributed by atoms with van der Waals surface area (Å²) in [7, 11) is 4.27. The first-order valence-corrected chi connectivity index (χ1v) is 4.80. The molecule has 0 radical (unpaired) electrons. The summed E-state index contributed by atoms with van der Waals surface area (Å²) in [5.74, 6) is 0. The number of ether oxygens (including phenoxy) is 1. The van der Waals surface area contributed by atoms with E-state index in [1.165, 1.54) is 19.4 Å². The molecule has 2 nitrogen and oxygen atoms in total. The zero-order valence-electron chi connectivity index (χ0n) is 8.76. The van der Waals surface area contributed by atoms with Crippen molar-refractivity contribution in [2.45, 2.75) is 32.8 Å². The summed E-state index contributed by atoms with van der Waals surface area (Å²) in [5, 5.41) is 0. The first-order valence-electron chi connectivity index (χ1n) is 4.80. The molecule has 0 heterocycles. The van der Waals surface area contributed by atoms with E-state index >= 15 is 0 Å². The SMILES string of the molecule is CC(C)OCC1(CN(C)C)CC1. The Labute approximate surface area is 75.9 Å². The molecular weight excluding hydrogens is 150 g/mol. The first kappa shape index (κ1) is 10.0. The van der Waals surface area contributed by atoms with Crippen LogP contribution in [0.25, 0.3) is 0 Å². The van der Waals surface area contributed by atoms with Gasteiger partial charge in [-0.15, -0.1) is 0 Å². The molecule has 2 heteroatoms. The maximum atomic E-state index is 5.64. The lowest BCUT2D eigenvalue weighted by Crippen LogP contribution is -2.27. The van der Waals surface area contributed by atoms with Crippen LogP contribution in [0.5, 0.6) is 0 Å². The van der Waals surface area contributed by atoms with Crippen LogP contribution in [-0.2, 0) is 4.74 Å². The second-order valence-corrected chi connectivity index (χ2v) is 4.60. The minimum Gasteiger partial charge on any atom is -0.378 e. The molecule has 1 rings (SSSR count). The van der Waals surface area contributed by atoms with Gasteiger partial charge >= 0.3 is 0 Å². The van der Waals surface area contributed by atoms with Gasteiger partial charge in [0.15, 0.2) is 0 Å². The minimum atomic E-state index is 0.379. The van der Waals surface area contributed by atoms with Crippen LogP contribution in [0, 0.1) is 5.41 Å². The molecule has 0 N–H and O–H groups in total. The Hall–Kier alpha value is -0.0800. The maximum absolute atomic E-state index is 5.64. The summed E-state index contributed by atoms with van der Waals surface area (Å²) in [4.78, 5) is 2.26. The topological polar surface area (TPSA) is 12.5 Å². The van der Waals surface area contributed by atoms with Crippen LogP contribution < -0.4 is 0 Å². The highest BCUT2D eigenvalue weighted by molar-refractivity contribution is 4.94. The third-order valence-corrected chi connectivity index (χ3v) is 2.33. The lowest BCUT2D eigenvalue weighted by atomic mass is 10.1. The van der Waals surface area contributed by atoms with E-state index in [9.17, 15) is 0 Å². The fourth-order valence-electron chi connectivity index (χ4n) is 1.54. The van der Waals surface area contributed by atoms with Crippen molar-refractivity contribution in [2.75, 3.05) is 27.2 Å². The van der Waals surface area contributed by atoms with E-state index in [1.54, 1.807) is 0 Å². The third kappa shape index (κ3) is 3.11. The van der Waals surface area contributed by atoms with Gasteiger partial charge in [-0.1, -0.05) is 0 Å². The Morgan fingerprint density at radius 2 is 1.92 bits per heavy atom. The van der Waals surface area contributed by atoms with Crippen LogP contribution >= 0.6 is 0 Å². The molecule has 0 aliphatic heterocycles. The molecule has 72 valence electrons. The first-order chi connectivity index (χ1) is 5.54. The Morgan fingerprint density at radius 3 is 2.25 bits per heavy atom. The molecule has 12 heavy (non-hydrogen) atoms. The lowest BCUT2D eigenvalue weighted by Gasteiger charge is -2.21. The summed E-state index contributed by atoms with van der Waals surface area (Å²) >= 11 is 0. The number of rotatable bonds is 5. The van der Waals surface area contributed by atoms with Gasteiger partial charge in [0.05, 0.1) is 12.7 Å². The molecule has 1 aliphatic carbocycles. The van der Waals surface area contributed by atoms with E-state index in [1.807, 2.05) is 0 Å². The van der Waals surface area contributed by atoms with Gasteiger partial charge in [0.1, 0.15) is 0 Å². The molecule has 0 aromatic carbocycles. The van der Waals surface area contributed by atoms with Gasteiger partial charge in [-0.05, 0) is 40.8 Å². The van der Waals surface area contributed by atoms with Crippen molar-refractivity contribution in [3.8, 4) is 0 Å². The third-order valence-electron chi connectivity index (χ3n) is 2.33. The van der Waals surface area contributed by atoms with Crippen molar-refractivity contribution >= 4 is 0 Å². The molecule has 0 bridgehead atoms. The summed E-state index contributed by atoms with van der Waals surface area (Å²) in [5.41, 5.74) is 0.508. The summed E-state index contributed by atoms with van der Waals surface area (Å²) in [6, 6.07) is 0. The predicted octanol–water partition coefficient (Wildman–Crippen LogP) is 1.75. The van der Waals surface area contributed by atoms with Crippen LogP contribution in [0.15, 0.2) is 0 Å². The molecule has 1 fully saturated rings. The number of hydrogen-bond donors (Lipinski definition) is 0. The van der Waals surface area contributed by atoms with Gasteiger partial charge < -0.3 is 9.64 Å². The molecule has 0 atom stereocenters. The second-order valence-electron chi connectivity index (χ2n) is 4.60. The number of hydrogen-bond acceptors (Lipinski definition) is 2. The smallest absolute Gasteiger partial charge is 0.0538 e. The fourth-order valence-corrected chi connectivity index (χ4v) is 1.54. The molecule has 0 aromatic rings. The van der Waals surface area contributed by atoms with Crippen molar-refractivity contribution in [1.29, 1.82) is 0 Å². The van der Waals surface area contributed by atoms with E-state index in [-0.39, 0.29) is 0 Å². The summed E-state index contributed by atoms with van der Waals surface area (Å²) in [6.07, 6.45) is 3.07.